The van der Waals surface area contributed by atoms with Gasteiger partial charge in [-0.15, -0.1) is 0 Å². The summed E-state index contributed by atoms with van der Waals surface area (Å²) in [6.07, 6.45) is 0.486. The van der Waals surface area contributed by atoms with Gasteiger partial charge in [-0.25, -0.2) is 4.79 Å². The lowest BCUT2D eigenvalue weighted by Crippen LogP contribution is -2.07. The van der Waals surface area contributed by atoms with Crippen molar-refractivity contribution in [3.8, 4) is 0 Å². The second kappa shape index (κ2) is 5.14. The highest BCUT2D eigenvalue weighted by molar-refractivity contribution is 7.85. The number of benzene rings is 2. The fourth-order valence-corrected chi connectivity index (χ4v) is 3.64. The molecule has 0 aromatic heterocycles. The summed E-state index contributed by atoms with van der Waals surface area (Å²) in [4.78, 5) is 11.2. The van der Waals surface area contributed by atoms with Gasteiger partial charge in [-0.2, -0.15) is 8.42 Å². The second-order valence-corrected chi connectivity index (χ2v) is 7.62. The van der Waals surface area contributed by atoms with Gasteiger partial charge in [0, 0.05) is 0 Å². The van der Waals surface area contributed by atoms with E-state index in [1.807, 2.05) is 18.2 Å². The van der Waals surface area contributed by atoms with Crippen LogP contribution in [0.1, 0.15) is 50.4 Å². The Kier molecular flexibility index (Phi) is 3.28. The number of carbonyl (C=O) groups is 1. The molecular weight excluding hydrogens is 332 g/mol. The summed E-state index contributed by atoms with van der Waals surface area (Å²) in [5, 5.41) is 9.16. The van der Waals surface area contributed by atoms with Crippen LogP contribution in [0.25, 0.3) is 0 Å². The van der Waals surface area contributed by atoms with Gasteiger partial charge in [0.25, 0.3) is 10.1 Å². The highest BCUT2D eigenvalue weighted by Gasteiger charge is 2.42. The topological polar surface area (TPSA) is 89.9 Å². The van der Waals surface area contributed by atoms with Crippen LogP contribution in [0.15, 0.2) is 36.4 Å². The molecule has 4 rings (SSSR count). The Morgan fingerprint density at radius 1 is 1.08 bits per heavy atom. The van der Waals surface area contributed by atoms with E-state index in [0.717, 1.165) is 34.1 Å². The zero-order valence-corrected chi connectivity index (χ0v) is 13.5. The first kappa shape index (κ1) is 15.3. The maximum absolute atomic E-state index is 11.2. The molecule has 24 heavy (non-hydrogen) atoms. The van der Waals surface area contributed by atoms with E-state index in [4.69, 9.17) is 14.0 Å². The summed E-state index contributed by atoms with van der Waals surface area (Å²) in [6.45, 7) is -0.0362. The van der Waals surface area contributed by atoms with Gasteiger partial charge < -0.3 is 9.84 Å². The summed E-state index contributed by atoms with van der Waals surface area (Å²) in [6, 6.07) is 10.6. The van der Waals surface area contributed by atoms with E-state index in [0.29, 0.717) is 0 Å². The maximum Gasteiger partial charge on any atom is 0.335 e. The normalized spacial score (nSPS) is 20.7. The van der Waals surface area contributed by atoms with Crippen LogP contribution in [0, 0.1) is 0 Å². The van der Waals surface area contributed by atoms with Crippen LogP contribution in [-0.2, 0) is 25.6 Å². The number of rotatable bonds is 4. The molecule has 0 saturated heterocycles. The first-order valence-corrected chi connectivity index (χ1v) is 9.15. The van der Waals surface area contributed by atoms with Gasteiger partial charge >= 0.3 is 5.97 Å². The van der Waals surface area contributed by atoms with Gasteiger partial charge in [-0.1, -0.05) is 24.3 Å². The number of carboxylic acids is 1. The molecule has 2 aliphatic rings. The zero-order chi connectivity index (χ0) is 17.1. The van der Waals surface area contributed by atoms with Crippen molar-refractivity contribution < 1.29 is 27.2 Å². The van der Waals surface area contributed by atoms with Crippen molar-refractivity contribution >= 4 is 16.1 Å². The average Bonchev–Trinajstić information content (AvgIpc) is 3.08. The van der Waals surface area contributed by atoms with Crippen molar-refractivity contribution in [2.45, 2.75) is 18.8 Å². The lowest BCUT2D eigenvalue weighted by atomic mass is 9.84. The van der Waals surface area contributed by atoms with Crippen molar-refractivity contribution in [2.24, 2.45) is 0 Å². The fraction of sp³-hybridized carbons (Fsp3) is 0.235. The Morgan fingerprint density at radius 2 is 1.71 bits per heavy atom. The van der Waals surface area contributed by atoms with Crippen molar-refractivity contribution in [2.75, 3.05) is 6.26 Å². The van der Waals surface area contributed by atoms with Gasteiger partial charge in [-0.05, 0) is 39.9 Å². The van der Waals surface area contributed by atoms with Crippen LogP contribution in [-0.4, -0.2) is 25.7 Å². The van der Waals surface area contributed by atoms with E-state index < -0.39 is 16.1 Å². The monoisotopic (exact) mass is 346 g/mol. The van der Waals surface area contributed by atoms with E-state index in [9.17, 15) is 13.2 Å². The van der Waals surface area contributed by atoms with Gasteiger partial charge in [0.1, 0.15) is 12.2 Å². The highest BCUT2D eigenvalue weighted by Crippen LogP contribution is 2.54. The molecule has 2 heterocycles. The maximum atomic E-state index is 11.2. The highest BCUT2D eigenvalue weighted by atomic mass is 32.2. The molecule has 7 heteroatoms. The predicted molar refractivity (Wildman–Crippen MR) is 84.2 cm³/mol. The largest absolute Gasteiger partial charge is 0.478 e. The average molecular weight is 346 g/mol. The van der Waals surface area contributed by atoms with Crippen LogP contribution in [0.4, 0.5) is 0 Å². The van der Waals surface area contributed by atoms with Gasteiger partial charge in [-0.3, -0.25) is 4.18 Å². The molecule has 2 aromatic rings. The quantitative estimate of drug-likeness (QED) is 0.855. The van der Waals surface area contributed by atoms with Gasteiger partial charge in [0.05, 0.1) is 18.4 Å². The van der Waals surface area contributed by atoms with Crippen LogP contribution < -0.4 is 0 Å². The molecule has 0 aliphatic carbocycles. The number of hydrogen-bond acceptors (Lipinski definition) is 5. The van der Waals surface area contributed by atoms with E-state index >= 15 is 0 Å². The lowest BCUT2D eigenvalue weighted by molar-refractivity contribution is 0.0696. The van der Waals surface area contributed by atoms with Crippen LogP contribution in [0.2, 0.25) is 0 Å². The molecule has 0 unspecified atom stereocenters. The zero-order valence-electron chi connectivity index (χ0n) is 12.7. The molecule has 2 bridgehead atoms. The molecule has 0 amide bonds. The smallest absolute Gasteiger partial charge is 0.335 e. The Bertz CT molecular complexity index is 963. The molecular formula is C17H14O6S. The van der Waals surface area contributed by atoms with Gasteiger partial charge in [0.15, 0.2) is 0 Å². The van der Waals surface area contributed by atoms with E-state index in [2.05, 4.69) is 0 Å². The molecule has 6 nitrogen and oxygen atoms in total. The molecule has 2 aliphatic heterocycles. The third-order valence-electron chi connectivity index (χ3n) is 4.33. The minimum absolute atomic E-state index is 0.0362. The number of hydrogen-bond donors (Lipinski definition) is 1. The summed E-state index contributed by atoms with van der Waals surface area (Å²) < 4.78 is 33.1. The summed E-state index contributed by atoms with van der Waals surface area (Å²) >= 11 is 0. The molecule has 0 saturated carbocycles. The number of carboxylic acid groups (broad SMARTS) is 1. The molecule has 124 valence electrons. The van der Waals surface area contributed by atoms with E-state index in [1.165, 1.54) is 0 Å². The lowest BCUT2D eigenvalue weighted by Gasteiger charge is -2.17. The second-order valence-electron chi connectivity index (χ2n) is 5.97. The van der Waals surface area contributed by atoms with Gasteiger partial charge in [0.2, 0.25) is 0 Å². The van der Waals surface area contributed by atoms with Crippen LogP contribution >= 0.6 is 0 Å². The van der Waals surface area contributed by atoms with Crippen LogP contribution in [0.5, 0.6) is 0 Å². The Labute approximate surface area is 138 Å². The molecule has 2 atom stereocenters. The van der Waals surface area contributed by atoms with Crippen molar-refractivity contribution in [3.63, 3.8) is 0 Å². The molecule has 1 N–H and O–H groups in total. The number of ether oxygens (including phenoxy) is 1. The third-order valence-corrected chi connectivity index (χ3v) is 4.87. The summed E-state index contributed by atoms with van der Waals surface area (Å²) in [5.74, 6) is -0.976. The third kappa shape index (κ3) is 2.41. The minimum Gasteiger partial charge on any atom is -0.478 e. The molecule has 2 aromatic carbocycles. The number of aromatic carboxylic acids is 1. The summed E-state index contributed by atoms with van der Waals surface area (Å²) in [5.41, 5.74) is 4.75. The standard InChI is InChI=1S/C17H14O6S/c1-24(20,21)22-8-9-2-4-11-13(6-9)16-14-7-10(17(18)19)3-5-12(14)15(11)23-16/h2-7,15-16H,8H2,1H3,(H,18,19)/t15-,16-/m1/s1. The van der Waals surface area contributed by atoms with Crippen molar-refractivity contribution in [1.29, 1.82) is 0 Å². The Morgan fingerprint density at radius 3 is 2.38 bits per heavy atom. The SMILES string of the molecule is CS(=O)(=O)OCc1ccc2c(c1)[C@H]1O[C@H]2c2ccc(C(=O)O)cc21. The number of fused-ring (bicyclic) bond motifs is 8. The Hall–Kier alpha value is -2.22. The predicted octanol–water partition coefficient (Wildman–Crippen LogP) is 2.38. The summed E-state index contributed by atoms with van der Waals surface area (Å²) in [7, 11) is -3.51. The fourth-order valence-electron chi connectivity index (χ4n) is 3.29. The Balaban J connectivity index is 1.70. The van der Waals surface area contributed by atoms with Crippen molar-refractivity contribution in [3.05, 3.63) is 69.8 Å². The van der Waals surface area contributed by atoms with E-state index in [1.54, 1.807) is 18.2 Å². The molecule has 0 radical (unpaired) electrons. The molecule has 0 spiro atoms. The first-order chi connectivity index (χ1) is 11.3. The molecule has 0 fully saturated rings. The first-order valence-electron chi connectivity index (χ1n) is 7.33. The van der Waals surface area contributed by atoms with Crippen molar-refractivity contribution in [1.82, 2.24) is 0 Å². The van der Waals surface area contributed by atoms with Crippen LogP contribution in [0.3, 0.4) is 0 Å². The van der Waals surface area contributed by atoms with E-state index in [-0.39, 0.29) is 24.4 Å². The minimum atomic E-state index is -3.51.